The van der Waals surface area contributed by atoms with Gasteiger partial charge in [-0.3, -0.25) is 9.18 Å². The molecule has 1 rings (SSSR count). The number of carbonyl (C=O) groups excluding carboxylic acids is 1. The zero-order chi connectivity index (χ0) is 9.35. The molecule has 0 N–H and O–H groups in total. The molecule has 0 aromatic carbocycles. The molecule has 70 valence electrons. The van der Waals surface area contributed by atoms with Crippen molar-refractivity contribution in [1.82, 2.24) is 4.90 Å². The Bertz CT molecular complexity index is 193. The van der Waals surface area contributed by atoms with E-state index >= 15 is 0 Å². The van der Waals surface area contributed by atoms with Crippen LogP contribution in [0, 0.1) is 11.3 Å². The van der Waals surface area contributed by atoms with Crippen LogP contribution in [0.4, 0.5) is 4.39 Å². The van der Waals surface area contributed by atoms with Gasteiger partial charge in [-0.05, 0) is 5.92 Å². The van der Waals surface area contributed by atoms with Gasteiger partial charge < -0.3 is 4.90 Å². The number of amides is 1. The molecule has 1 atom stereocenters. The molecular formula is C9H16FNO. The third-order valence-corrected chi connectivity index (χ3v) is 2.97. The van der Waals surface area contributed by atoms with Crippen molar-refractivity contribution in [2.75, 3.05) is 20.3 Å². The molecule has 12 heavy (non-hydrogen) atoms. The Hall–Kier alpha value is -0.600. The predicted molar refractivity (Wildman–Crippen MR) is 45.5 cm³/mol. The van der Waals surface area contributed by atoms with Crippen molar-refractivity contribution < 1.29 is 9.18 Å². The minimum absolute atomic E-state index is 0.0707. The van der Waals surface area contributed by atoms with Crippen LogP contribution in [0.25, 0.3) is 0 Å². The number of likely N-dealkylation sites (tertiary alicyclic amines) is 1. The second-order valence-corrected chi connectivity index (χ2v) is 4.08. The highest BCUT2D eigenvalue weighted by Crippen LogP contribution is 2.38. The summed E-state index contributed by atoms with van der Waals surface area (Å²) in [4.78, 5) is 12.8. The molecule has 1 aliphatic rings. The molecule has 1 fully saturated rings. The van der Waals surface area contributed by atoms with E-state index in [9.17, 15) is 9.18 Å². The quantitative estimate of drug-likeness (QED) is 0.619. The van der Waals surface area contributed by atoms with E-state index in [1.54, 1.807) is 11.9 Å². The van der Waals surface area contributed by atoms with Crippen LogP contribution >= 0.6 is 0 Å². The normalized spacial score (nSPS) is 30.4. The number of nitrogens with zero attached hydrogens (tertiary/aromatic N) is 1. The van der Waals surface area contributed by atoms with Gasteiger partial charge in [-0.1, -0.05) is 13.8 Å². The first-order valence-electron chi connectivity index (χ1n) is 4.32. The molecule has 0 aromatic rings. The molecule has 0 radical (unpaired) electrons. The van der Waals surface area contributed by atoms with Crippen LogP contribution in [-0.2, 0) is 4.79 Å². The van der Waals surface area contributed by atoms with Crippen molar-refractivity contribution in [3.8, 4) is 0 Å². The van der Waals surface area contributed by atoms with Gasteiger partial charge in [-0.15, -0.1) is 0 Å². The third kappa shape index (κ3) is 1.32. The molecule has 1 aliphatic heterocycles. The van der Waals surface area contributed by atoms with Gasteiger partial charge in [0.1, 0.15) is 0 Å². The Morgan fingerprint density at radius 2 is 2.25 bits per heavy atom. The van der Waals surface area contributed by atoms with Crippen LogP contribution in [0.1, 0.15) is 20.3 Å². The number of hydrogen-bond donors (Lipinski definition) is 0. The Labute approximate surface area is 72.7 Å². The minimum atomic E-state index is -0.411. The summed E-state index contributed by atoms with van der Waals surface area (Å²) in [5.74, 6) is 0.303. The lowest BCUT2D eigenvalue weighted by Gasteiger charge is -2.28. The number of alkyl halides is 1. The summed E-state index contributed by atoms with van der Waals surface area (Å²) in [7, 11) is 1.74. The predicted octanol–water partition coefficient (Wildman–Crippen LogP) is 1.46. The number of hydrogen-bond acceptors (Lipinski definition) is 1. The van der Waals surface area contributed by atoms with Crippen molar-refractivity contribution in [2.24, 2.45) is 11.3 Å². The highest BCUT2D eigenvalue weighted by molar-refractivity contribution is 5.79. The Kier molecular flexibility index (Phi) is 2.40. The van der Waals surface area contributed by atoms with Gasteiger partial charge >= 0.3 is 0 Å². The average molecular weight is 173 g/mol. The van der Waals surface area contributed by atoms with Crippen LogP contribution in [0.5, 0.6) is 0 Å². The van der Waals surface area contributed by atoms with Crippen LogP contribution in [-0.4, -0.2) is 31.1 Å². The standard InChI is InChI=1S/C9H16FNO/c1-7(2)9(5-10)4-8(12)11(3)6-9/h7H,4-6H2,1-3H3. The Morgan fingerprint density at radius 1 is 1.67 bits per heavy atom. The fourth-order valence-corrected chi connectivity index (χ4v) is 1.68. The van der Waals surface area contributed by atoms with E-state index in [4.69, 9.17) is 0 Å². The first-order valence-corrected chi connectivity index (χ1v) is 4.32. The fourth-order valence-electron chi connectivity index (χ4n) is 1.68. The molecule has 1 saturated heterocycles. The topological polar surface area (TPSA) is 20.3 Å². The molecule has 0 aliphatic carbocycles. The summed E-state index contributed by atoms with van der Waals surface area (Å²) >= 11 is 0. The zero-order valence-corrected chi connectivity index (χ0v) is 7.93. The molecule has 1 heterocycles. The van der Waals surface area contributed by atoms with Crippen molar-refractivity contribution in [1.29, 1.82) is 0 Å². The highest BCUT2D eigenvalue weighted by atomic mass is 19.1. The molecular weight excluding hydrogens is 157 g/mol. The van der Waals surface area contributed by atoms with Gasteiger partial charge in [-0.2, -0.15) is 0 Å². The molecule has 0 bridgehead atoms. The first-order chi connectivity index (χ1) is 5.52. The van der Waals surface area contributed by atoms with Gasteiger partial charge in [0.15, 0.2) is 0 Å². The van der Waals surface area contributed by atoms with E-state index in [-0.39, 0.29) is 18.5 Å². The Balaban J connectivity index is 2.78. The first kappa shape index (κ1) is 9.49. The smallest absolute Gasteiger partial charge is 0.223 e. The summed E-state index contributed by atoms with van der Waals surface area (Å²) in [5.41, 5.74) is -0.411. The maximum absolute atomic E-state index is 12.8. The molecule has 2 nitrogen and oxygen atoms in total. The summed E-state index contributed by atoms with van der Waals surface area (Å²) in [5, 5.41) is 0. The fraction of sp³-hybridized carbons (Fsp3) is 0.889. The maximum atomic E-state index is 12.8. The van der Waals surface area contributed by atoms with E-state index in [1.807, 2.05) is 13.8 Å². The van der Waals surface area contributed by atoms with Gasteiger partial charge in [0, 0.05) is 25.4 Å². The van der Waals surface area contributed by atoms with Gasteiger partial charge in [0.25, 0.3) is 0 Å². The molecule has 3 heteroatoms. The molecule has 0 aromatic heterocycles. The minimum Gasteiger partial charge on any atom is -0.345 e. The van der Waals surface area contributed by atoms with Gasteiger partial charge in [0.2, 0.25) is 5.91 Å². The van der Waals surface area contributed by atoms with E-state index in [2.05, 4.69) is 0 Å². The monoisotopic (exact) mass is 173 g/mol. The lowest BCUT2D eigenvalue weighted by atomic mass is 9.77. The summed E-state index contributed by atoms with van der Waals surface area (Å²) in [6.07, 6.45) is 0.373. The number of rotatable bonds is 2. The van der Waals surface area contributed by atoms with Crippen LogP contribution in [0.3, 0.4) is 0 Å². The summed E-state index contributed by atoms with van der Waals surface area (Å²) in [6, 6.07) is 0. The second kappa shape index (κ2) is 3.04. The van der Waals surface area contributed by atoms with E-state index < -0.39 is 5.41 Å². The number of halogens is 1. The Morgan fingerprint density at radius 3 is 2.42 bits per heavy atom. The van der Waals surface area contributed by atoms with Crippen molar-refractivity contribution in [2.45, 2.75) is 20.3 Å². The van der Waals surface area contributed by atoms with Crippen molar-refractivity contribution in [3.63, 3.8) is 0 Å². The lowest BCUT2D eigenvalue weighted by Crippen LogP contribution is -2.32. The van der Waals surface area contributed by atoms with Crippen LogP contribution < -0.4 is 0 Å². The summed E-state index contributed by atoms with van der Waals surface area (Å²) in [6.45, 7) is 4.14. The van der Waals surface area contributed by atoms with Gasteiger partial charge in [-0.25, -0.2) is 0 Å². The van der Waals surface area contributed by atoms with Crippen molar-refractivity contribution in [3.05, 3.63) is 0 Å². The maximum Gasteiger partial charge on any atom is 0.223 e. The molecule has 1 unspecified atom stereocenters. The third-order valence-electron chi connectivity index (χ3n) is 2.97. The second-order valence-electron chi connectivity index (χ2n) is 4.08. The molecule has 0 saturated carbocycles. The van der Waals surface area contributed by atoms with Crippen LogP contribution in [0.15, 0.2) is 0 Å². The average Bonchev–Trinajstić information content (AvgIpc) is 2.29. The van der Waals surface area contributed by atoms with Gasteiger partial charge in [0.05, 0.1) is 6.67 Å². The largest absolute Gasteiger partial charge is 0.345 e. The van der Waals surface area contributed by atoms with Crippen LogP contribution in [0.2, 0.25) is 0 Å². The summed E-state index contributed by atoms with van der Waals surface area (Å²) < 4.78 is 12.8. The lowest BCUT2D eigenvalue weighted by molar-refractivity contribution is -0.126. The molecule has 0 spiro atoms. The van der Waals surface area contributed by atoms with E-state index in [1.165, 1.54) is 0 Å². The van der Waals surface area contributed by atoms with Crippen molar-refractivity contribution >= 4 is 5.91 Å². The van der Waals surface area contributed by atoms with E-state index in [0.717, 1.165) is 0 Å². The molecule has 1 amide bonds. The SMILES string of the molecule is CC(C)C1(CF)CC(=O)N(C)C1. The number of carbonyl (C=O) groups is 1. The van der Waals surface area contributed by atoms with E-state index in [0.29, 0.717) is 13.0 Å². The zero-order valence-electron chi connectivity index (χ0n) is 7.93. The highest BCUT2D eigenvalue weighted by Gasteiger charge is 2.44.